The van der Waals surface area contributed by atoms with Gasteiger partial charge in [0, 0.05) is 71.2 Å². The van der Waals surface area contributed by atoms with E-state index in [-0.39, 0.29) is 233 Å². The van der Waals surface area contributed by atoms with Crippen LogP contribution < -0.4 is 108 Å². The number of aryl methyl sites for hydroxylation is 8. The molecule has 17 nitrogen and oxygen atoms in total. The topological polar surface area (TPSA) is 256 Å². The van der Waals surface area contributed by atoms with Crippen molar-refractivity contribution in [3.63, 3.8) is 0 Å². The van der Waals surface area contributed by atoms with E-state index in [0.717, 1.165) is 89.8 Å². The molecule has 4 aromatic rings. The molecule has 0 bridgehead atoms. The Morgan fingerprint density at radius 1 is 0.330 bits per heavy atom. The molecule has 0 aliphatic heterocycles. The molecule has 0 aliphatic carbocycles. The fourth-order valence-corrected chi connectivity index (χ4v) is 10.5. The minimum absolute atomic E-state index is 0. The van der Waals surface area contributed by atoms with Gasteiger partial charge in [0.1, 0.15) is 49.4 Å². The number of aliphatic hydroxyl groups excluding tert-OH is 1. The molecule has 0 saturated heterocycles. The maximum absolute atomic E-state index is 10.7. The molecule has 4 rings (SSSR count). The number of benzene rings is 4. The van der Waals surface area contributed by atoms with E-state index < -0.39 is 30.4 Å². The average molecular weight is 1380 g/mol. The van der Waals surface area contributed by atoms with Crippen molar-refractivity contribution < 1.29 is 166 Å². The minimum atomic E-state index is -4.20. The Hall–Kier alpha value is -1.35. The van der Waals surface area contributed by atoms with Crippen molar-refractivity contribution >= 4 is 30.4 Å². The van der Waals surface area contributed by atoms with Crippen molar-refractivity contribution in [2.45, 2.75) is 209 Å². The molecular formula is C68H129Na3O17S3. The standard InChI is InChI=1S/C30H46O10S2.C26H38O7S.12CH4.3Na/c1-22-18-24(3)29(39-14-12-37-10-6-8-16-41(31,32)33)27(20-22)26(5)28-21-23(2)19-25(4)30(28)40-15-13-38-11-7-9-17-42(34,35)36;1-18-14-20(3)25(32-10-8-27)23(16-18)22(5)24-17-19(2)15-21(4)26(24)33-12-11-31-9-6-7-13-34(28,29)30;;;;;;;;;;;;;;;/h18-21,26H,6-17H2,1-5H3,(H,31,32,33)(H,34,35,36);14-17,22,27H,6-13H2,1-5H3,(H,28,29,30);12*1H4;;;/q;;;;;;;;;;;;;;3*+1/p-3. The molecule has 91 heavy (non-hydrogen) atoms. The van der Waals surface area contributed by atoms with E-state index in [1.54, 1.807) is 0 Å². The molecule has 23 heteroatoms. The van der Waals surface area contributed by atoms with Crippen molar-refractivity contribution in [3.05, 3.63) is 115 Å². The van der Waals surface area contributed by atoms with E-state index in [0.29, 0.717) is 85.1 Å². The average Bonchev–Trinajstić information content (AvgIpc) is 3.31. The van der Waals surface area contributed by atoms with E-state index in [9.17, 15) is 44.0 Å². The molecule has 0 saturated carbocycles. The molecule has 0 fully saturated rings. The van der Waals surface area contributed by atoms with Crippen molar-refractivity contribution in [3.8, 4) is 23.0 Å². The van der Waals surface area contributed by atoms with Gasteiger partial charge in [-0.3, -0.25) is 0 Å². The monoisotopic (exact) mass is 1380 g/mol. The number of hydrogen-bond acceptors (Lipinski definition) is 17. The van der Waals surface area contributed by atoms with Gasteiger partial charge in [0.15, 0.2) is 0 Å². The Kier molecular flexibility index (Phi) is 80.4. The second-order valence-corrected chi connectivity index (χ2v) is 23.9. The van der Waals surface area contributed by atoms with Gasteiger partial charge in [0.25, 0.3) is 0 Å². The van der Waals surface area contributed by atoms with Crippen LogP contribution in [0.4, 0.5) is 0 Å². The van der Waals surface area contributed by atoms with Crippen molar-refractivity contribution in [1.29, 1.82) is 0 Å². The van der Waals surface area contributed by atoms with Crippen LogP contribution in [-0.2, 0) is 44.6 Å². The van der Waals surface area contributed by atoms with Gasteiger partial charge >= 0.3 is 88.7 Å². The summed E-state index contributed by atoms with van der Waals surface area (Å²) in [4.78, 5) is 0. The van der Waals surface area contributed by atoms with Crippen LogP contribution in [0.2, 0.25) is 0 Å². The summed E-state index contributed by atoms with van der Waals surface area (Å²) in [6.07, 6.45) is 2.32. The fourth-order valence-electron chi connectivity index (χ4n) is 8.87. The Bertz CT molecular complexity index is 2700. The van der Waals surface area contributed by atoms with Crippen LogP contribution in [0, 0.1) is 55.4 Å². The predicted octanol–water partition coefficient (Wildman–Crippen LogP) is 7.32. The summed E-state index contributed by atoms with van der Waals surface area (Å²) < 4.78 is 137. The van der Waals surface area contributed by atoms with Crippen molar-refractivity contribution in [2.75, 3.05) is 89.9 Å². The van der Waals surface area contributed by atoms with E-state index in [4.69, 9.17) is 33.2 Å². The smallest absolute Gasteiger partial charge is 0.748 e. The maximum atomic E-state index is 10.7. The molecule has 0 heterocycles. The third kappa shape index (κ3) is 47.3. The second-order valence-electron chi connectivity index (χ2n) is 19.3. The van der Waals surface area contributed by atoms with Crippen LogP contribution in [0.25, 0.3) is 0 Å². The molecule has 0 aliphatic rings. The van der Waals surface area contributed by atoms with Gasteiger partial charge in [-0.15, -0.1) is 0 Å². The Morgan fingerprint density at radius 3 is 0.714 bits per heavy atom. The summed E-state index contributed by atoms with van der Waals surface area (Å²) in [6, 6.07) is 16.8. The summed E-state index contributed by atoms with van der Waals surface area (Å²) >= 11 is 0. The molecule has 524 valence electrons. The first-order valence-corrected chi connectivity index (χ1v) is 30.5. The normalized spacial score (nSPS) is 10.3. The predicted molar refractivity (Wildman–Crippen MR) is 372 cm³/mol. The molecule has 0 amide bonds. The quantitative estimate of drug-likeness (QED) is 0.0273. The van der Waals surface area contributed by atoms with Gasteiger partial charge in [0.05, 0.1) is 56.8 Å². The largest absolute Gasteiger partial charge is 1.00 e. The zero-order valence-electron chi connectivity index (χ0n) is 49.1. The fraction of sp³-hybridized carbons (Fsp3) is 0.647. The molecule has 1 N–H and O–H groups in total. The van der Waals surface area contributed by atoms with E-state index in [1.807, 2.05) is 41.5 Å². The maximum Gasteiger partial charge on any atom is 1.00 e. The minimum Gasteiger partial charge on any atom is -0.748 e. The van der Waals surface area contributed by atoms with Gasteiger partial charge in [-0.1, -0.05) is 174 Å². The zero-order valence-corrected chi connectivity index (χ0v) is 57.6. The number of unbranched alkanes of at least 4 members (excludes halogenated alkanes) is 3. The molecule has 0 radical (unpaired) electrons. The number of ether oxygens (including phenoxy) is 7. The zero-order chi connectivity index (χ0) is 56.6. The Morgan fingerprint density at radius 2 is 0.527 bits per heavy atom. The molecule has 0 aromatic heterocycles. The van der Waals surface area contributed by atoms with Crippen LogP contribution in [0.5, 0.6) is 23.0 Å². The third-order valence-electron chi connectivity index (χ3n) is 12.2. The van der Waals surface area contributed by atoms with E-state index >= 15 is 0 Å². The molecule has 1 unspecified atom stereocenters. The second kappa shape index (κ2) is 61.0. The van der Waals surface area contributed by atoms with Crippen molar-refractivity contribution in [2.24, 2.45) is 0 Å². The van der Waals surface area contributed by atoms with Crippen molar-refractivity contribution in [1.82, 2.24) is 0 Å². The summed E-state index contributed by atoms with van der Waals surface area (Å²) in [5.74, 6) is 1.97. The Labute approximate surface area is 626 Å². The third-order valence-corrected chi connectivity index (χ3v) is 14.6. The first kappa shape index (κ1) is 120. The Balaban J connectivity index is -0.000000106. The van der Waals surface area contributed by atoms with Crippen LogP contribution in [-0.4, -0.2) is 134 Å². The number of rotatable bonds is 34. The summed E-state index contributed by atoms with van der Waals surface area (Å²) in [7, 11) is -12.6. The SMILES string of the molecule is C.C.C.C.C.C.C.C.C.C.C.C.Cc1cc(C)c(OCCO)c(C(C)c2cc(C)cc(C)c2OCCOCCCCS(=O)(=O)[O-])c1.Cc1cc(C)c(OCCOCCCCS(=O)(=O)[O-])c(C(C)c2cc(C)cc(C)c2OCCOCCCCS(=O)(=O)[O-])c1.[Na+].[Na+].[Na+]. The van der Waals surface area contributed by atoms with E-state index in [2.05, 4.69) is 76.2 Å². The number of aliphatic hydroxyl groups is 1. The first-order chi connectivity index (χ1) is 35.7. The van der Waals surface area contributed by atoms with Gasteiger partial charge in [0.2, 0.25) is 0 Å². The van der Waals surface area contributed by atoms with Gasteiger partial charge in [-0.25, -0.2) is 25.3 Å². The summed E-state index contributed by atoms with van der Waals surface area (Å²) in [5.41, 5.74) is 12.7. The van der Waals surface area contributed by atoms with Gasteiger partial charge < -0.3 is 51.9 Å². The molecular weight excluding hydrogens is 1250 g/mol. The van der Waals surface area contributed by atoms with E-state index in [1.165, 1.54) is 0 Å². The van der Waals surface area contributed by atoms with Crippen LogP contribution in [0.3, 0.4) is 0 Å². The van der Waals surface area contributed by atoms with Crippen LogP contribution >= 0.6 is 0 Å². The molecule has 0 spiro atoms. The summed E-state index contributed by atoms with van der Waals surface area (Å²) in [6.45, 7) is 23.8. The number of hydrogen-bond donors (Lipinski definition) is 1. The summed E-state index contributed by atoms with van der Waals surface area (Å²) in [5, 5.41) is 9.26. The first-order valence-electron chi connectivity index (χ1n) is 25.8. The van der Waals surface area contributed by atoms with Crippen LogP contribution in [0.15, 0.2) is 48.5 Å². The van der Waals surface area contributed by atoms with Gasteiger partial charge in [-0.05, 0) is 116 Å². The molecule has 4 aromatic carbocycles. The molecule has 1 atom stereocenters. The van der Waals surface area contributed by atoms with Gasteiger partial charge in [-0.2, -0.15) is 0 Å². The van der Waals surface area contributed by atoms with Crippen LogP contribution in [0.1, 0.15) is 220 Å².